The second-order valence-corrected chi connectivity index (χ2v) is 7.44. The molecular formula is C23H24N2O4. The van der Waals surface area contributed by atoms with E-state index >= 15 is 0 Å². The molecule has 2 aliphatic carbocycles. The zero-order chi connectivity index (χ0) is 20.4. The second-order valence-electron chi connectivity index (χ2n) is 7.44. The molecule has 0 aromatic heterocycles. The number of ether oxygens (including phenoxy) is 2. The van der Waals surface area contributed by atoms with Gasteiger partial charge < -0.3 is 20.1 Å². The Morgan fingerprint density at radius 2 is 1.24 bits per heavy atom. The Morgan fingerprint density at radius 3 is 1.66 bits per heavy atom. The molecule has 2 aromatic carbocycles. The molecule has 4 atom stereocenters. The van der Waals surface area contributed by atoms with Crippen molar-refractivity contribution in [1.82, 2.24) is 0 Å². The Bertz CT molecular complexity index is 880. The minimum atomic E-state index is -0.401. The third-order valence-electron chi connectivity index (χ3n) is 5.74. The van der Waals surface area contributed by atoms with Crippen LogP contribution in [0.25, 0.3) is 0 Å². The van der Waals surface area contributed by atoms with Gasteiger partial charge in [0.25, 0.3) is 0 Å². The molecule has 2 N–H and O–H groups in total. The van der Waals surface area contributed by atoms with Crippen LogP contribution < -0.4 is 20.1 Å². The first kappa shape index (κ1) is 19.1. The Hall–Kier alpha value is -3.28. The van der Waals surface area contributed by atoms with Gasteiger partial charge in [0.15, 0.2) is 0 Å². The highest BCUT2D eigenvalue weighted by molar-refractivity contribution is 6.01. The maximum atomic E-state index is 13.1. The van der Waals surface area contributed by atoms with Gasteiger partial charge in [0, 0.05) is 23.5 Å². The molecule has 0 unspecified atom stereocenters. The van der Waals surface area contributed by atoms with Crippen LogP contribution in [0, 0.1) is 23.7 Å². The average molecular weight is 392 g/mol. The highest BCUT2D eigenvalue weighted by Crippen LogP contribution is 2.48. The normalized spacial score (nSPS) is 24.2. The van der Waals surface area contributed by atoms with Gasteiger partial charge in [0.05, 0.1) is 26.1 Å². The maximum absolute atomic E-state index is 13.1. The molecule has 0 aliphatic heterocycles. The van der Waals surface area contributed by atoms with Crippen molar-refractivity contribution in [3.8, 4) is 11.5 Å². The van der Waals surface area contributed by atoms with Gasteiger partial charge in [-0.25, -0.2) is 0 Å². The minimum Gasteiger partial charge on any atom is -0.497 e. The van der Waals surface area contributed by atoms with Gasteiger partial charge in [-0.05, 0) is 42.5 Å². The van der Waals surface area contributed by atoms with Gasteiger partial charge in [0.1, 0.15) is 11.5 Å². The molecule has 0 radical (unpaired) electrons. The molecule has 2 bridgehead atoms. The molecule has 6 nitrogen and oxygen atoms in total. The minimum absolute atomic E-state index is 0.0756. The van der Waals surface area contributed by atoms with Crippen molar-refractivity contribution in [2.75, 3.05) is 24.9 Å². The molecule has 2 aromatic rings. The topological polar surface area (TPSA) is 76.7 Å². The van der Waals surface area contributed by atoms with Crippen LogP contribution in [0.4, 0.5) is 11.4 Å². The number of nitrogens with one attached hydrogen (secondary N) is 2. The van der Waals surface area contributed by atoms with Gasteiger partial charge in [-0.2, -0.15) is 0 Å². The molecule has 29 heavy (non-hydrogen) atoms. The van der Waals surface area contributed by atoms with Crippen molar-refractivity contribution in [3.05, 3.63) is 60.7 Å². The predicted molar refractivity (Wildman–Crippen MR) is 111 cm³/mol. The SMILES string of the molecule is COc1cccc(NC(=O)[C@H]2[C@H](C(=O)Nc3cccc(OC)c3)[C@H]3C=C[C@@H]2C3)c1. The van der Waals surface area contributed by atoms with Gasteiger partial charge in [-0.1, -0.05) is 24.3 Å². The molecule has 0 saturated heterocycles. The predicted octanol–water partition coefficient (Wildman–Crippen LogP) is 3.72. The Kier molecular flexibility index (Phi) is 5.25. The highest BCUT2D eigenvalue weighted by Gasteiger charge is 2.51. The number of allylic oxidation sites excluding steroid dienone is 2. The van der Waals surface area contributed by atoms with Crippen molar-refractivity contribution in [2.24, 2.45) is 23.7 Å². The summed E-state index contributed by atoms with van der Waals surface area (Å²) in [6, 6.07) is 14.5. The molecule has 2 aliphatic rings. The summed E-state index contributed by atoms with van der Waals surface area (Å²) in [5, 5.41) is 5.92. The van der Waals surface area contributed by atoms with Crippen LogP contribution >= 0.6 is 0 Å². The standard InChI is InChI=1S/C23H24N2O4/c1-28-18-7-3-5-16(12-18)24-22(26)20-14-9-10-15(11-14)21(20)23(27)25-17-6-4-8-19(13-17)29-2/h3-10,12-15,20-21H,11H2,1-2H3,(H,24,26)(H,25,27)/t14-,15+,20-,21-/m1/s1. The Labute approximate surface area is 169 Å². The monoisotopic (exact) mass is 392 g/mol. The first-order chi connectivity index (χ1) is 14.1. The first-order valence-corrected chi connectivity index (χ1v) is 9.67. The summed E-state index contributed by atoms with van der Waals surface area (Å²) in [5.41, 5.74) is 1.32. The lowest BCUT2D eigenvalue weighted by Gasteiger charge is -2.26. The summed E-state index contributed by atoms with van der Waals surface area (Å²) in [5.74, 6) is 0.412. The third kappa shape index (κ3) is 3.83. The van der Waals surface area contributed by atoms with E-state index in [0.29, 0.717) is 22.9 Å². The number of hydrogen-bond donors (Lipinski definition) is 2. The van der Waals surface area contributed by atoms with Crippen LogP contribution in [0.5, 0.6) is 11.5 Å². The van der Waals surface area contributed by atoms with Crippen LogP contribution in [0.3, 0.4) is 0 Å². The van der Waals surface area contributed by atoms with Gasteiger partial charge in [-0.3, -0.25) is 9.59 Å². The number of benzene rings is 2. The van der Waals surface area contributed by atoms with E-state index in [0.717, 1.165) is 6.42 Å². The van der Waals surface area contributed by atoms with Crippen LogP contribution in [-0.4, -0.2) is 26.0 Å². The molecule has 1 fully saturated rings. The molecular weight excluding hydrogens is 368 g/mol. The summed E-state index contributed by atoms with van der Waals surface area (Å²) < 4.78 is 10.4. The number of anilines is 2. The van der Waals surface area contributed by atoms with Gasteiger partial charge >= 0.3 is 0 Å². The lowest BCUT2D eigenvalue weighted by Crippen LogP contribution is -2.39. The largest absolute Gasteiger partial charge is 0.497 e. The van der Waals surface area contributed by atoms with E-state index < -0.39 is 11.8 Å². The lowest BCUT2D eigenvalue weighted by atomic mass is 9.81. The molecule has 0 heterocycles. The van der Waals surface area contributed by atoms with Crippen LogP contribution in [0.15, 0.2) is 60.7 Å². The third-order valence-corrected chi connectivity index (χ3v) is 5.74. The summed E-state index contributed by atoms with van der Waals surface area (Å²) >= 11 is 0. The van der Waals surface area contributed by atoms with E-state index in [4.69, 9.17) is 9.47 Å². The van der Waals surface area contributed by atoms with E-state index in [1.807, 2.05) is 36.4 Å². The Balaban J connectivity index is 1.51. The van der Waals surface area contributed by atoms with Crippen LogP contribution in [0.1, 0.15) is 6.42 Å². The molecule has 0 spiro atoms. The van der Waals surface area contributed by atoms with Crippen molar-refractivity contribution < 1.29 is 19.1 Å². The summed E-state index contributed by atoms with van der Waals surface area (Å²) in [7, 11) is 3.17. The van der Waals surface area contributed by atoms with E-state index in [9.17, 15) is 9.59 Å². The van der Waals surface area contributed by atoms with E-state index in [1.54, 1.807) is 26.4 Å². The number of methoxy groups -OCH3 is 2. The molecule has 2 amide bonds. The first-order valence-electron chi connectivity index (χ1n) is 9.67. The summed E-state index contributed by atoms with van der Waals surface area (Å²) in [6.07, 6.45) is 4.96. The van der Waals surface area contributed by atoms with E-state index in [1.165, 1.54) is 0 Å². The second kappa shape index (κ2) is 7.99. The van der Waals surface area contributed by atoms with Crippen LogP contribution in [-0.2, 0) is 9.59 Å². The van der Waals surface area contributed by atoms with Crippen molar-refractivity contribution >= 4 is 23.2 Å². The fourth-order valence-electron chi connectivity index (χ4n) is 4.39. The van der Waals surface area contributed by atoms with Gasteiger partial charge in [-0.15, -0.1) is 0 Å². The van der Waals surface area contributed by atoms with Crippen molar-refractivity contribution in [2.45, 2.75) is 6.42 Å². The van der Waals surface area contributed by atoms with E-state index in [-0.39, 0.29) is 23.7 Å². The zero-order valence-electron chi connectivity index (χ0n) is 16.4. The van der Waals surface area contributed by atoms with Crippen molar-refractivity contribution in [3.63, 3.8) is 0 Å². The fourth-order valence-corrected chi connectivity index (χ4v) is 4.39. The molecule has 1 saturated carbocycles. The molecule has 6 heteroatoms. The smallest absolute Gasteiger partial charge is 0.228 e. The quantitative estimate of drug-likeness (QED) is 0.735. The number of rotatable bonds is 6. The number of fused-ring (bicyclic) bond motifs is 2. The number of carbonyl (C=O) groups is 2. The summed E-state index contributed by atoms with van der Waals surface area (Å²) in [4.78, 5) is 26.2. The number of amides is 2. The van der Waals surface area contributed by atoms with Crippen LogP contribution in [0.2, 0.25) is 0 Å². The average Bonchev–Trinajstić information content (AvgIpc) is 3.35. The molecule has 150 valence electrons. The zero-order valence-corrected chi connectivity index (χ0v) is 16.4. The van der Waals surface area contributed by atoms with Gasteiger partial charge in [0.2, 0.25) is 11.8 Å². The summed E-state index contributed by atoms with van der Waals surface area (Å²) in [6.45, 7) is 0. The Morgan fingerprint density at radius 1 is 0.793 bits per heavy atom. The molecule has 4 rings (SSSR count). The number of carbonyl (C=O) groups excluding carboxylic acids is 2. The van der Waals surface area contributed by atoms with Crippen molar-refractivity contribution in [1.29, 1.82) is 0 Å². The fraction of sp³-hybridized carbons (Fsp3) is 0.304. The maximum Gasteiger partial charge on any atom is 0.228 e. The number of hydrogen-bond acceptors (Lipinski definition) is 4. The lowest BCUT2D eigenvalue weighted by molar-refractivity contribution is -0.129. The highest BCUT2D eigenvalue weighted by atomic mass is 16.5. The van der Waals surface area contributed by atoms with E-state index in [2.05, 4.69) is 22.8 Å².